The highest BCUT2D eigenvalue weighted by Crippen LogP contribution is 2.25. The fourth-order valence-electron chi connectivity index (χ4n) is 1.33. The van der Waals surface area contributed by atoms with Crippen molar-refractivity contribution < 1.29 is 0 Å². The molecule has 0 saturated carbocycles. The molecule has 0 unspecified atom stereocenters. The van der Waals surface area contributed by atoms with Crippen molar-refractivity contribution in [2.75, 3.05) is 5.32 Å². The summed E-state index contributed by atoms with van der Waals surface area (Å²) in [5.41, 5.74) is 2.02. The molecule has 2 nitrogen and oxygen atoms in total. The van der Waals surface area contributed by atoms with E-state index in [1.54, 1.807) is 0 Å². The molecule has 1 aliphatic rings. The fraction of sp³-hybridized carbons (Fsp3) is 0.0909. The summed E-state index contributed by atoms with van der Waals surface area (Å²) in [6, 6.07) is 3.91. The van der Waals surface area contributed by atoms with Gasteiger partial charge >= 0.3 is 0 Å². The molecular formula is C11H11ClN2. The van der Waals surface area contributed by atoms with Gasteiger partial charge in [0.2, 0.25) is 0 Å². The molecule has 0 bridgehead atoms. The monoisotopic (exact) mass is 206 g/mol. The first-order valence-electron chi connectivity index (χ1n) is 4.40. The highest BCUT2D eigenvalue weighted by atomic mass is 35.5. The molecule has 2 rings (SSSR count). The van der Waals surface area contributed by atoms with Gasteiger partial charge in [0, 0.05) is 23.3 Å². The zero-order valence-electron chi connectivity index (χ0n) is 7.68. The van der Waals surface area contributed by atoms with E-state index in [0.29, 0.717) is 0 Å². The van der Waals surface area contributed by atoms with Crippen LogP contribution < -0.4 is 5.32 Å². The average molecular weight is 207 g/mol. The Labute approximate surface area is 88.0 Å². The molecule has 1 aromatic heterocycles. The number of nitrogens with one attached hydrogen (secondary N) is 2. The molecule has 1 aromatic rings. The number of H-pyrrole nitrogens is 1. The van der Waals surface area contributed by atoms with Crippen LogP contribution in [-0.2, 0) is 0 Å². The highest BCUT2D eigenvalue weighted by molar-refractivity contribution is 6.30. The average Bonchev–Trinajstić information content (AvgIpc) is 2.62. The summed E-state index contributed by atoms with van der Waals surface area (Å²) in [5.74, 6) is 0.962. The van der Waals surface area contributed by atoms with Gasteiger partial charge in [0.05, 0.1) is 0 Å². The number of hydrogen-bond donors (Lipinski definition) is 2. The Kier molecular flexibility index (Phi) is 2.46. The number of hydrogen-bond acceptors (Lipinski definition) is 1. The first-order chi connectivity index (χ1) is 6.75. The minimum absolute atomic E-state index is 0.723. The molecule has 0 atom stereocenters. The van der Waals surface area contributed by atoms with Crippen molar-refractivity contribution in [3.63, 3.8) is 0 Å². The Morgan fingerprint density at radius 3 is 2.93 bits per heavy atom. The van der Waals surface area contributed by atoms with Gasteiger partial charge in [-0.2, -0.15) is 0 Å². The molecule has 72 valence electrons. The minimum Gasteiger partial charge on any atom is -0.348 e. The van der Waals surface area contributed by atoms with Crippen molar-refractivity contribution in [3.05, 3.63) is 53.4 Å². The zero-order valence-corrected chi connectivity index (χ0v) is 8.43. The van der Waals surface area contributed by atoms with Crippen LogP contribution in [0.4, 0.5) is 5.82 Å². The summed E-state index contributed by atoms with van der Waals surface area (Å²) >= 11 is 5.88. The van der Waals surface area contributed by atoms with Crippen molar-refractivity contribution in [1.82, 2.24) is 4.98 Å². The Morgan fingerprint density at radius 1 is 1.43 bits per heavy atom. The topological polar surface area (TPSA) is 27.8 Å². The molecule has 3 heteroatoms. The van der Waals surface area contributed by atoms with Crippen LogP contribution in [0.15, 0.2) is 53.4 Å². The highest BCUT2D eigenvalue weighted by Gasteiger charge is 2.08. The van der Waals surface area contributed by atoms with Crippen molar-refractivity contribution in [3.8, 4) is 0 Å². The van der Waals surface area contributed by atoms with Gasteiger partial charge in [-0.25, -0.2) is 0 Å². The predicted molar refractivity (Wildman–Crippen MR) is 60.2 cm³/mol. The molecule has 0 fully saturated rings. The minimum atomic E-state index is 0.723. The van der Waals surface area contributed by atoms with Gasteiger partial charge in [-0.1, -0.05) is 18.2 Å². The van der Waals surface area contributed by atoms with Gasteiger partial charge in [0.1, 0.15) is 5.82 Å². The maximum atomic E-state index is 5.88. The summed E-state index contributed by atoms with van der Waals surface area (Å²) < 4.78 is 0. The Balaban J connectivity index is 2.15. The van der Waals surface area contributed by atoms with E-state index in [1.807, 2.05) is 30.5 Å². The molecule has 0 spiro atoms. The zero-order chi connectivity index (χ0) is 9.97. The second kappa shape index (κ2) is 3.76. The predicted octanol–water partition coefficient (Wildman–Crippen LogP) is 3.39. The Bertz CT molecular complexity index is 399. The summed E-state index contributed by atoms with van der Waals surface area (Å²) in [7, 11) is 0. The fourth-order valence-corrected chi connectivity index (χ4v) is 1.56. The van der Waals surface area contributed by atoms with Crippen LogP contribution in [0, 0.1) is 0 Å². The summed E-state index contributed by atoms with van der Waals surface area (Å²) in [6.45, 7) is 3.96. The third-order valence-corrected chi connectivity index (χ3v) is 2.32. The number of anilines is 1. The summed E-state index contributed by atoms with van der Waals surface area (Å²) in [4.78, 5) is 3.07. The number of halogens is 1. The van der Waals surface area contributed by atoms with Crippen LogP contribution in [0.2, 0.25) is 0 Å². The number of rotatable bonds is 2. The normalized spacial score (nSPS) is 16.2. The molecule has 14 heavy (non-hydrogen) atoms. The van der Waals surface area contributed by atoms with Crippen LogP contribution in [0.5, 0.6) is 0 Å². The molecular weight excluding hydrogens is 196 g/mol. The molecule has 2 N–H and O–H groups in total. The lowest BCUT2D eigenvalue weighted by molar-refractivity contribution is 1.16. The lowest BCUT2D eigenvalue weighted by Gasteiger charge is -2.15. The third-order valence-electron chi connectivity index (χ3n) is 2.06. The van der Waals surface area contributed by atoms with E-state index in [1.165, 1.54) is 0 Å². The maximum absolute atomic E-state index is 5.88. The molecule has 0 aliphatic heterocycles. The van der Waals surface area contributed by atoms with E-state index < -0.39 is 0 Å². The quantitative estimate of drug-likeness (QED) is 0.763. The van der Waals surface area contributed by atoms with Gasteiger partial charge in [-0.3, -0.25) is 0 Å². The van der Waals surface area contributed by atoms with Crippen LogP contribution in [0.1, 0.15) is 6.42 Å². The van der Waals surface area contributed by atoms with Gasteiger partial charge in [-0.05, 0) is 29.9 Å². The molecule has 0 saturated heterocycles. The van der Waals surface area contributed by atoms with Gasteiger partial charge in [0.15, 0.2) is 0 Å². The van der Waals surface area contributed by atoms with Gasteiger partial charge in [-0.15, -0.1) is 0 Å². The third kappa shape index (κ3) is 1.91. The number of aromatic amines is 1. The van der Waals surface area contributed by atoms with Gasteiger partial charge in [0.25, 0.3) is 0 Å². The van der Waals surface area contributed by atoms with Crippen molar-refractivity contribution in [2.24, 2.45) is 0 Å². The SMILES string of the molecule is C=C1CC(Cl)=CC=C1Nc1ccc[nH]1. The van der Waals surface area contributed by atoms with E-state index in [9.17, 15) is 0 Å². The second-order valence-electron chi connectivity index (χ2n) is 3.18. The number of aromatic nitrogens is 1. The smallest absolute Gasteiger partial charge is 0.107 e. The number of allylic oxidation sites excluding steroid dienone is 4. The van der Waals surface area contributed by atoms with E-state index in [2.05, 4.69) is 16.9 Å². The molecule has 0 radical (unpaired) electrons. The Hall–Kier alpha value is -1.41. The summed E-state index contributed by atoms with van der Waals surface area (Å²) in [6.07, 6.45) is 6.43. The summed E-state index contributed by atoms with van der Waals surface area (Å²) in [5, 5.41) is 4.06. The second-order valence-corrected chi connectivity index (χ2v) is 3.67. The standard InChI is InChI=1S/C11H11ClN2/c1-8-7-9(12)4-5-10(8)14-11-3-2-6-13-11/h2-6,13-14H,1,7H2. The first-order valence-corrected chi connectivity index (χ1v) is 4.78. The molecule has 1 aliphatic carbocycles. The van der Waals surface area contributed by atoms with E-state index >= 15 is 0 Å². The van der Waals surface area contributed by atoms with E-state index in [0.717, 1.165) is 28.5 Å². The van der Waals surface area contributed by atoms with Crippen LogP contribution >= 0.6 is 11.6 Å². The van der Waals surface area contributed by atoms with Crippen molar-refractivity contribution in [1.29, 1.82) is 0 Å². The van der Waals surface area contributed by atoms with Crippen LogP contribution in [0.3, 0.4) is 0 Å². The Morgan fingerprint density at radius 2 is 2.29 bits per heavy atom. The molecule has 0 amide bonds. The van der Waals surface area contributed by atoms with Crippen molar-refractivity contribution in [2.45, 2.75) is 6.42 Å². The van der Waals surface area contributed by atoms with Gasteiger partial charge < -0.3 is 10.3 Å². The largest absolute Gasteiger partial charge is 0.348 e. The van der Waals surface area contributed by atoms with E-state index in [-0.39, 0.29) is 0 Å². The van der Waals surface area contributed by atoms with Crippen molar-refractivity contribution >= 4 is 17.4 Å². The molecule has 1 heterocycles. The lowest BCUT2D eigenvalue weighted by Crippen LogP contribution is -2.04. The maximum Gasteiger partial charge on any atom is 0.107 e. The first kappa shape index (κ1) is 9.16. The molecule has 0 aromatic carbocycles. The lowest BCUT2D eigenvalue weighted by atomic mass is 10.1. The van der Waals surface area contributed by atoms with Crippen LogP contribution in [0.25, 0.3) is 0 Å². The van der Waals surface area contributed by atoms with E-state index in [4.69, 9.17) is 11.6 Å². The van der Waals surface area contributed by atoms with Crippen LogP contribution in [-0.4, -0.2) is 4.98 Å².